The number of para-hydroxylation sites is 1. The molecule has 4 nitrogen and oxygen atoms in total. The Hall–Kier alpha value is -3.14. The molecule has 0 fully saturated rings. The van der Waals surface area contributed by atoms with E-state index in [9.17, 15) is 9.59 Å². The van der Waals surface area contributed by atoms with Crippen LogP contribution >= 0.6 is 0 Å². The Morgan fingerprint density at radius 1 is 1.04 bits per heavy atom. The maximum Gasteiger partial charge on any atom is 0.337 e. The second-order valence-electron chi connectivity index (χ2n) is 5.06. The molecule has 4 heteroatoms. The number of esters is 1. The van der Waals surface area contributed by atoms with Gasteiger partial charge in [0.1, 0.15) is 0 Å². The summed E-state index contributed by atoms with van der Waals surface area (Å²) in [5.74, 6) is -0.449. The van der Waals surface area contributed by atoms with Crippen LogP contribution in [0.2, 0.25) is 0 Å². The maximum absolute atomic E-state index is 12.3. The van der Waals surface area contributed by atoms with Crippen LogP contribution in [0.15, 0.2) is 60.8 Å². The molecular formula is C19H15NO3. The molecule has 1 aromatic heterocycles. The smallest absolute Gasteiger partial charge is 0.337 e. The predicted octanol–water partition coefficient (Wildman–Crippen LogP) is 3.85. The fourth-order valence-corrected chi connectivity index (χ4v) is 2.39. The number of aromatic amines is 1. The Labute approximate surface area is 133 Å². The average molecular weight is 305 g/mol. The van der Waals surface area contributed by atoms with E-state index < -0.39 is 0 Å². The highest BCUT2D eigenvalue weighted by Crippen LogP contribution is 2.19. The number of H-pyrrole nitrogens is 1. The molecule has 23 heavy (non-hydrogen) atoms. The van der Waals surface area contributed by atoms with E-state index >= 15 is 0 Å². The standard InChI is InChI=1S/C19H15NO3/c1-23-19(22)14-9-6-13(7-10-14)8-11-18(21)16-12-20-17-5-3-2-4-15(16)17/h2-12,20H,1H3. The van der Waals surface area contributed by atoms with Crippen LogP contribution in [0.3, 0.4) is 0 Å². The molecule has 0 saturated heterocycles. The van der Waals surface area contributed by atoms with Crippen LogP contribution in [0.1, 0.15) is 26.3 Å². The van der Waals surface area contributed by atoms with E-state index in [4.69, 9.17) is 0 Å². The summed E-state index contributed by atoms with van der Waals surface area (Å²) in [6, 6.07) is 14.5. The molecule has 0 unspecified atom stereocenters. The van der Waals surface area contributed by atoms with Crippen molar-refractivity contribution in [2.45, 2.75) is 0 Å². The quantitative estimate of drug-likeness (QED) is 0.452. The lowest BCUT2D eigenvalue weighted by Gasteiger charge is -1.99. The van der Waals surface area contributed by atoms with Crippen molar-refractivity contribution in [3.63, 3.8) is 0 Å². The summed E-state index contributed by atoms with van der Waals surface area (Å²) in [4.78, 5) is 26.8. The summed E-state index contributed by atoms with van der Waals surface area (Å²) in [7, 11) is 1.34. The number of methoxy groups -OCH3 is 1. The third kappa shape index (κ3) is 3.06. The second kappa shape index (κ2) is 6.32. The molecule has 114 valence electrons. The largest absolute Gasteiger partial charge is 0.465 e. The molecule has 3 rings (SSSR count). The SMILES string of the molecule is COC(=O)c1ccc(C=CC(=O)c2c[nH]c3ccccc23)cc1. The number of nitrogens with one attached hydrogen (secondary N) is 1. The van der Waals surface area contributed by atoms with Crippen LogP contribution in [-0.4, -0.2) is 23.8 Å². The highest BCUT2D eigenvalue weighted by molar-refractivity contribution is 6.14. The summed E-state index contributed by atoms with van der Waals surface area (Å²) in [5.41, 5.74) is 2.90. The number of fused-ring (bicyclic) bond motifs is 1. The fourth-order valence-electron chi connectivity index (χ4n) is 2.39. The lowest BCUT2D eigenvalue weighted by Crippen LogP contribution is -2.00. The van der Waals surface area contributed by atoms with E-state index in [0.29, 0.717) is 11.1 Å². The highest BCUT2D eigenvalue weighted by atomic mass is 16.5. The van der Waals surface area contributed by atoms with E-state index in [-0.39, 0.29) is 11.8 Å². The Morgan fingerprint density at radius 3 is 2.52 bits per heavy atom. The molecule has 0 saturated carbocycles. The number of ether oxygens (including phenoxy) is 1. The van der Waals surface area contributed by atoms with Crippen LogP contribution in [0, 0.1) is 0 Å². The summed E-state index contributed by atoms with van der Waals surface area (Å²) in [5, 5.41) is 0.906. The van der Waals surface area contributed by atoms with E-state index in [0.717, 1.165) is 16.5 Å². The van der Waals surface area contributed by atoms with Gasteiger partial charge < -0.3 is 9.72 Å². The first-order valence-electron chi connectivity index (χ1n) is 7.16. The van der Waals surface area contributed by atoms with Crippen LogP contribution in [0.4, 0.5) is 0 Å². The highest BCUT2D eigenvalue weighted by Gasteiger charge is 2.08. The molecule has 0 amide bonds. The van der Waals surface area contributed by atoms with E-state index in [2.05, 4.69) is 9.72 Å². The number of ketones is 1. The topological polar surface area (TPSA) is 59.2 Å². The van der Waals surface area contributed by atoms with Gasteiger partial charge in [0.05, 0.1) is 12.7 Å². The molecule has 3 aromatic rings. The maximum atomic E-state index is 12.3. The minimum atomic E-state index is -0.379. The molecule has 0 radical (unpaired) electrons. The number of allylic oxidation sites excluding steroid dienone is 1. The van der Waals surface area contributed by atoms with Crippen LogP contribution < -0.4 is 0 Å². The Kier molecular flexibility index (Phi) is 4.06. The molecule has 0 atom stereocenters. The molecule has 1 N–H and O–H groups in total. The van der Waals surface area contributed by atoms with Crippen LogP contribution in [-0.2, 0) is 4.74 Å². The summed E-state index contributed by atoms with van der Waals surface area (Å²) in [6.45, 7) is 0. The number of carbonyl (C=O) groups excluding carboxylic acids is 2. The number of aromatic nitrogens is 1. The van der Waals surface area contributed by atoms with Crippen molar-refractivity contribution in [2.75, 3.05) is 7.11 Å². The molecule has 0 spiro atoms. The van der Waals surface area contributed by atoms with Crippen molar-refractivity contribution in [2.24, 2.45) is 0 Å². The van der Waals surface area contributed by atoms with Crippen molar-refractivity contribution in [3.8, 4) is 0 Å². The third-order valence-corrected chi connectivity index (χ3v) is 3.61. The first-order chi connectivity index (χ1) is 11.2. The van der Waals surface area contributed by atoms with Gasteiger partial charge in [-0.15, -0.1) is 0 Å². The van der Waals surface area contributed by atoms with Crippen molar-refractivity contribution in [1.29, 1.82) is 0 Å². The summed E-state index contributed by atoms with van der Waals surface area (Å²) < 4.78 is 4.65. The van der Waals surface area contributed by atoms with E-state index in [1.807, 2.05) is 24.3 Å². The number of hydrogen-bond donors (Lipinski definition) is 1. The van der Waals surface area contributed by atoms with Gasteiger partial charge in [0.2, 0.25) is 0 Å². The van der Waals surface area contributed by atoms with Gasteiger partial charge in [-0.2, -0.15) is 0 Å². The monoisotopic (exact) mass is 305 g/mol. The summed E-state index contributed by atoms with van der Waals surface area (Å²) >= 11 is 0. The zero-order valence-corrected chi connectivity index (χ0v) is 12.6. The van der Waals surface area contributed by atoms with Crippen molar-refractivity contribution in [3.05, 3.63) is 77.5 Å². The first-order valence-corrected chi connectivity index (χ1v) is 7.16. The minimum Gasteiger partial charge on any atom is -0.465 e. The molecular weight excluding hydrogens is 290 g/mol. The third-order valence-electron chi connectivity index (χ3n) is 3.61. The van der Waals surface area contributed by atoms with E-state index in [1.54, 1.807) is 36.5 Å². The van der Waals surface area contributed by atoms with Gasteiger partial charge in [0, 0.05) is 22.7 Å². The first kappa shape index (κ1) is 14.8. The Balaban J connectivity index is 1.79. The van der Waals surface area contributed by atoms with Gasteiger partial charge in [-0.25, -0.2) is 4.79 Å². The van der Waals surface area contributed by atoms with Crippen molar-refractivity contribution >= 4 is 28.7 Å². The molecule has 1 heterocycles. The van der Waals surface area contributed by atoms with Crippen LogP contribution in [0.25, 0.3) is 17.0 Å². The average Bonchev–Trinajstić information content (AvgIpc) is 3.03. The lowest BCUT2D eigenvalue weighted by molar-refractivity contribution is 0.0600. The van der Waals surface area contributed by atoms with E-state index in [1.165, 1.54) is 13.2 Å². The number of carbonyl (C=O) groups is 2. The molecule has 0 aliphatic rings. The molecule has 0 aliphatic carbocycles. The number of benzene rings is 2. The lowest BCUT2D eigenvalue weighted by atomic mass is 10.1. The van der Waals surface area contributed by atoms with Crippen LogP contribution in [0.5, 0.6) is 0 Å². The normalized spacial score (nSPS) is 11.0. The zero-order valence-electron chi connectivity index (χ0n) is 12.6. The van der Waals surface area contributed by atoms with Gasteiger partial charge in [-0.3, -0.25) is 4.79 Å². The molecule has 0 bridgehead atoms. The van der Waals surface area contributed by atoms with Gasteiger partial charge in [-0.1, -0.05) is 36.4 Å². The van der Waals surface area contributed by atoms with Gasteiger partial charge in [0.15, 0.2) is 5.78 Å². The van der Waals surface area contributed by atoms with Gasteiger partial charge in [0.25, 0.3) is 0 Å². The number of hydrogen-bond acceptors (Lipinski definition) is 3. The zero-order chi connectivity index (χ0) is 16.2. The van der Waals surface area contributed by atoms with Crippen molar-refractivity contribution in [1.82, 2.24) is 4.98 Å². The predicted molar refractivity (Wildman–Crippen MR) is 89.4 cm³/mol. The summed E-state index contributed by atoms with van der Waals surface area (Å²) in [6.07, 6.45) is 4.98. The fraction of sp³-hybridized carbons (Fsp3) is 0.0526. The minimum absolute atomic E-state index is 0.0699. The van der Waals surface area contributed by atoms with Gasteiger partial charge >= 0.3 is 5.97 Å². The van der Waals surface area contributed by atoms with Gasteiger partial charge in [-0.05, 0) is 29.8 Å². The molecule has 0 aliphatic heterocycles. The Morgan fingerprint density at radius 2 is 1.78 bits per heavy atom. The van der Waals surface area contributed by atoms with Crippen molar-refractivity contribution < 1.29 is 14.3 Å². The Bertz CT molecular complexity index is 888. The second-order valence-corrected chi connectivity index (χ2v) is 5.06. The number of rotatable bonds is 4. The molecule has 2 aromatic carbocycles.